The fraction of sp³-hybridized carbons (Fsp3) is 0.400. The zero-order valence-electron chi connectivity index (χ0n) is 8.17. The largest absolute Gasteiger partial charge is 0.311 e. The second kappa shape index (κ2) is 6.35. The highest BCUT2D eigenvalue weighted by molar-refractivity contribution is 6.17. The lowest BCUT2D eigenvalue weighted by atomic mass is 10.2. The van der Waals surface area contributed by atoms with Gasteiger partial charge in [-0.2, -0.15) is 0 Å². The van der Waals surface area contributed by atoms with E-state index >= 15 is 0 Å². The van der Waals surface area contributed by atoms with Crippen molar-refractivity contribution in [2.45, 2.75) is 19.3 Å². The van der Waals surface area contributed by atoms with Crippen molar-refractivity contribution in [3.05, 3.63) is 24.1 Å². The summed E-state index contributed by atoms with van der Waals surface area (Å²) >= 11 is 5.48. The topological polar surface area (TPSA) is 42.0 Å². The van der Waals surface area contributed by atoms with Crippen molar-refractivity contribution in [1.82, 2.24) is 4.98 Å². The number of nitrogens with zero attached hydrogens (tertiary/aromatic N) is 1. The standard InChI is InChI=1S/C10H12ClFN2O/c11-6-2-1-3-10(15)14-9-5-4-8(12)7-13-9/h4-5,7H,1-3,6H2,(H,13,14,15). The summed E-state index contributed by atoms with van der Waals surface area (Å²) < 4.78 is 12.5. The van der Waals surface area contributed by atoms with E-state index in [1.165, 1.54) is 12.1 Å². The number of rotatable bonds is 5. The Labute approximate surface area is 92.7 Å². The molecule has 0 fully saturated rings. The lowest BCUT2D eigenvalue weighted by Gasteiger charge is -2.03. The Morgan fingerprint density at radius 3 is 2.87 bits per heavy atom. The average molecular weight is 231 g/mol. The zero-order chi connectivity index (χ0) is 11.1. The van der Waals surface area contributed by atoms with E-state index < -0.39 is 5.82 Å². The average Bonchev–Trinajstić information content (AvgIpc) is 2.22. The van der Waals surface area contributed by atoms with Gasteiger partial charge in [0, 0.05) is 12.3 Å². The molecule has 1 amide bonds. The van der Waals surface area contributed by atoms with Crippen LogP contribution in [0.3, 0.4) is 0 Å². The molecule has 0 spiro atoms. The molecule has 3 nitrogen and oxygen atoms in total. The van der Waals surface area contributed by atoms with Crippen LogP contribution in [0.4, 0.5) is 10.2 Å². The van der Waals surface area contributed by atoms with Gasteiger partial charge in [0.2, 0.25) is 5.91 Å². The maximum absolute atomic E-state index is 12.5. The molecule has 0 aliphatic carbocycles. The van der Waals surface area contributed by atoms with E-state index in [2.05, 4.69) is 10.3 Å². The number of halogens is 2. The summed E-state index contributed by atoms with van der Waals surface area (Å²) in [7, 11) is 0. The number of aromatic nitrogens is 1. The molecule has 0 aliphatic rings. The predicted molar refractivity (Wildman–Crippen MR) is 57.4 cm³/mol. The number of amides is 1. The number of anilines is 1. The molecule has 0 atom stereocenters. The van der Waals surface area contributed by atoms with E-state index in [4.69, 9.17) is 11.6 Å². The number of unbranched alkanes of at least 4 members (excludes halogenated alkanes) is 1. The van der Waals surface area contributed by atoms with Crippen molar-refractivity contribution in [1.29, 1.82) is 0 Å². The van der Waals surface area contributed by atoms with Crippen LogP contribution < -0.4 is 5.32 Å². The summed E-state index contributed by atoms with van der Waals surface area (Å²) in [5.41, 5.74) is 0. The van der Waals surface area contributed by atoms with Crippen LogP contribution in [0.15, 0.2) is 18.3 Å². The Balaban J connectivity index is 2.34. The molecule has 0 unspecified atom stereocenters. The van der Waals surface area contributed by atoms with Gasteiger partial charge >= 0.3 is 0 Å². The van der Waals surface area contributed by atoms with Gasteiger partial charge in [0.25, 0.3) is 0 Å². The van der Waals surface area contributed by atoms with Crippen LogP contribution in [-0.2, 0) is 4.79 Å². The summed E-state index contributed by atoms with van der Waals surface area (Å²) in [6, 6.07) is 2.68. The Morgan fingerprint density at radius 2 is 2.27 bits per heavy atom. The second-order valence-electron chi connectivity index (χ2n) is 3.06. The van der Waals surface area contributed by atoms with Gasteiger partial charge < -0.3 is 5.32 Å². The number of carbonyl (C=O) groups excluding carboxylic acids is 1. The van der Waals surface area contributed by atoms with Gasteiger partial charge in [-0.1, -0.05) is 0 Å². The molecule has 0 radical (unpaired) electrons. The molecule has 0 bridgehead atoms. The minimum absolute atomic E-state index is 0.126. The second-order valence-corrected chi connectivity index (χ2v) is 3.43. The maximum atomic E-state index is 12.5. The third-order valence-corrected chi connectivity index (χ3v) is 2.05. The highest BCUT2D eigenvalue weighted by Crippen LogP contribution is 2.05. The van der Waals surface area contributed by atoms with E-state index in [1.807, 2.05) is 0 Å². The molecule has 82 valence electrons. The minimum atomic E-state index is -0.421. The SMILES string of the molecule is O=C(CCCCCl)Nc1ccc(F)cn1. The molecule has 1 heterocycles. The minimum Gasteiger partial charge on any atom is -0.311 e. The van der Waals surface area contributed by atoms with Crippen LogP contribution in [0.1, 0.15) is 19.3 Å². The lowest BCUT2D eigenvalue weighted by Crippen LogP contribution is -2.12. The van der Waals surface area contributed by atoms with Crippen molar-refractivity contribution in [3.8, 4) is 0 Å². The fourth-order valence-corrected chi connectivity index (χ4v) is 1.22. The monoisotopic (exact) mass is 230 g/mol. The quantitative estimate of drug-likeness (QED) is 0.624. The number of carbonyl (C=O) groups is 1. The Hall–Kier alpha value is -1.16. The summed E-state index contributed by atoms with van der Waals surface area (Å²) in [6.45, 7) is 0. The first kappa shape index (κ1) is 11.9. The molecule has 0 aromatic carbocycles. The lowest BCUT2D eigenvalue weighted by molar-refractivity contribution is -0.116. The van der Waals surface area contributed by atoms with Gasteiger partial charge in [-0.15, -0.1) is 11.6 Å². The van der Waals surface area contributed by atoms with Gasteiger partial charge in [0.1, 0.15) is 11.6 Å². The molecule has 1 aromatic rings. The van der Waals surface area contributed by atoms with Crippen LogP contribution in [0.5, 0.6) is 0 Å². The third-order valence-electron chi connectivity index (χ3n) is 1.78. The molecular formula is C10H12ClFN2O. The van der Waals surface area contributed by atoms with Gasteiger partial charge in [-0.05, 0) is 25.0 Å². The smallest absolute Gasteiger partial charge is 0.225 e. The highest BCUT2D eigenvalue weighted by atomic mass is 35.5. The number of nitrogens with one attached hydrogen (secondary N) is 1. The number of hydrogen-bond acceptors (Lipinski definition) is 2. The Kier molecular flexibility index (Phi) is 5.04. The van der Waals surface area contributed by atoms with Crippen LogP contribution in [0, 0.1) is 5.82 Å². The first-order chi connectivity index (χ1) is 7.22. The first-order valence-electron chi connectivity index (χ1n) is 4.70. The summed E-state index contributed by atoms with van der Waals surface area (Å²) in [5, 5.41) is 2.57. The summed E-state index contributed by atoms with van der Waals surface area (Å²) in [5.74, 6) is 0.379. The number of pyridine rings is 1. The molecule has 15 heavy (non-hydrogen) atoms. The van der Waals surface area contributed by atoms with E-state index in [1.54, 1.807) is 0 Å². The van der Waals surface area contributed by atoms with Gasteiger partial charge in [-0.25, -0.2) is 9.37 Å². The van der Waals surface area contributed by atoms with Crippen molar-refractivity contribution < 1.29 is 9.18 Å². The molecule has 1 N–H and O–H groups in total. The fourth-order valence-electron chi connectivity index (χ4n) is 1.04. The molecule has 1 aromatic heterocycles. The predicted octanol–water partition coefficient (Wildman–Crippen LogP) is 2.57. The molecule has 0 saturated carbocycles. The van der Waals surface area contributed by atoms with Crippen LogP contribution in [0.25, 0.3) is 0 Å². The molecule has 5 heteroatoms. The van der Waals surface area contributed by atoms with Gasteiger partial charge in [-0.3, -0.25) is 4.79 Å². The Bertz CT molecular complexity index is 316. The van der Waals surface area contributed by atoms with Crippen LogP contribution >= 0.6 is 11.6 Å². The van der Waals surface area contributed by atoms with Gasteiger partial charge in [0.05, 0.1) is 6.20 Å². The highest BCUT2D eigenvalue weighted by Gasteiger charge is 2.02. The normalized spacial score (nSPS) is 10.0. The number of alkyl halides is 1. The van der Waals surface area contributed by atoms with Crippen molar-refractivity contribution in [2.24, 2.45) is 0 Å². The first-order valence-corrected chi connectivity index (χ1v) is 5.23. The molecule has 1 rings (SSSR count). The summed E-state index contributed by atoms with van der Waals surface area (Å²) in [4.78, 5) is 15.0. The summed E-state index contributed by atoms with van der Waals surface area (Å²) in [6.07, 6.45) is 3.03. The van der Waals surface area contributed by atoms with Crippen LogP contribution in [-0.4, -0.2) is 16.8 Å². The maximum Gasteiger partial charge on any atom is 0.225 e. The molecule has 0 aliphatic heterocycles. The number of hydrogen-bond donors (Lipinski definition) is 1. The van der Waals surface area contributed by atoms with Crippen molar-refractivity contribution in [3.63, 3.8) is 0 Å². The van der Waals surface area contributed by atoms with E-state index in [9.17, 15) is 9.18 Å². The van der Waals surface area contributed by atoms with Gasteiger partial charge in [0.15, 0.2) is 0 Å². The van der Waals surface area contributed by atoms with Crippen molar-refractivity contribution >= 4 is 23.3 Å². The Morgan fingerprint density at radius 1 is 1.47 bits per heavy atom. The zero-order valence-corrected chi connectivity index (χ0v) is 8.93. The van der Waals surface area contributed by atoms with E-state index in [-0.39, 0.29) is 5.91 Å². The third kappa shape index (κ3) is 4.74. The van der Waals surface area contributed by atoms with Crippen molar-refractivity contribution in [2.75, 3.05) is 11.2 Å². The molecular weight excluding hydrogens is 219 g/mol. The molecule has 0 saturated heterocycles. The van der Waals surface area contributed by atoms with E-state index in [0.29, 0.717) is 18.1 Å². The van der Waals surface area contributed by atoms with E-state index in [0.717, 1.165) is 19.0 Å². The van der Waals surface area contributed by atoms with Crippen LogP contribution in [0.2, 0.25) is 0 Å².